The van der Waals surface area contributed by atoms with Crippen molar-refractivity contribution in [3.63, 3.8) is 0 Å². The number of halogens is 3. The summed E-state index contributed by atoms with van der Waals surface area (Å²) in [6, 6.07) is 7.84. The average Bonchev–Trinajstić information content (AvgIpc) is 2.44. The van der Waals surface area contributed by atoms with Gasteiger partial charge in [-0.25, -0.2) is 13.2 Å². The molecule has 0 aliphatic carbocycles. The van der Waals surface area contributed by atoms with E-state index in [0.29, 0.717) is 0 Å². The summed E-state index contributed by atoms with van der Waals surface area (Å²) in [5, 5.41) is 27.2. The van der Waals surface area contributed by atoms with Crippen LogP contribution < -0.4 is 0 Å². The minimum absolute atomic E-state index is 0.197. The van der Waals surface area contributed by atoms with E-state index >= 15 is 0 Å². The van der Waals surface area contributed by atoms with E-state index < -0.39 is 39.9 Å². The summed E-state index contributed by atoms with van der Waals surface area (Å²) in [6.45, 7) is 0. The van der Waals surface area contributed by atoms with Gasteiger partial charge < -0.3 is 5.11 Å². The molecule has 6 heteroatoms. The SMILES string of the molecule is N#Cc1c(F)c(F)c(C#N)c(-c2ccccc2O)c1F. The summed E-state index contributed by atoms with van der Waals surface area (Å²) in [5.41, 5.74) is -2.88. The maximum absolute atomic E-state index is 14.1. The topological polar surface area (TPSA) is 67.8 Å². The van der Waals surface area contributed by atoms with E-state index in [-0.39, 0.29) is 5.56 Å². The molecule has 1 N–H and O–H groups in total. The number of phenolic OH excluding ortho intramolecular Hbond substituents is 1. The first-order valence-corrected chi connectivity index (χ1v) is 5.32. The van der Waals surface area contributed by atoms with Gasteiger partial charge in [0.05, 0.1) is 0 Å². The van der Waals surface area contributed by atoms with Gasteiger partial charge in [0, 0.05) is 11.1 Å². The molecule has 0 fully saturated rings. The molecule has 98 valence electrons. The predicted octanol–water partition coefficient (Wildman–Crippen LogP) is 3.22. The molecule has 2 aromatic rings. The zero-order valence-electron chi connectivity index (χ0n) is 9.78. The Kier molecular flexibility index (Phi) is 3.32. The van der Waals surface area contributed by atoms with E-state index in [1.54, 1.807) is 0 Å². The number of hydrogen-bond acceptors (Lipinski definition) is 3. The first-order chi connectivity index (χ1) is 9.52. The Labute approximate surface area is 111 Å². The van der Waals surface area contributed by atoms with Gasteiger partial charge >= 0.3 is 0 Å². The summed E-state index contributed by atoms with van der Waals surface area (Å²) in [6.07, 6.45) is 0. The lowest BCUT2D eigenvalue weighted by atomic mass is 9.95. The molecule has 0 spiro atoms. The molecule has 2 rings (SSSR count). The molecular formula is C14H5F3N2O. The van der Waals surface area contributed by atoms with Crippen molar-refractivity contribution >= 4 is 0 Å². The smallest absolute Gasteiger partial charge is 0.180 e. The molecule has 0 bridgehead atoms. The molecule has 0 saturated carbocycles. The lowest BCUT2D eigenvalue weighted by Gasteiger charge is -2.10. The lowest BCUT2D eigenvalue weighted by Crippen LogP contribution is -2.03. The van der Waals surface area contributed by atoms with Crippen LogP contribution in [0.1, 0.15) is 11.1 Å². The van der Waals surface area contributed by atoms with Crippen molar-refractivity contribution in [2.24, 2.45) is 0 Å². The van der Waals surface area contributed by atoms with Gasteiger partial charge in [-0.2, -0.15) is 10.5 Å². The fraction of sp³-hybridized carbons (Fsp3) is 0. The van der Waals surface area contributed by atoms with Crippen LogP contribution in [0.5, 0.6) is 5.75 Å². The zero-order chi connectivity index (χ0) is 14.9. The van der Waals surface area contributed by atoms with E-state index in [2.05, 4.69) is 0 Å². The van der Waals surface area contributed by atoms with Crippen molar-refractivity contribution < 1.29 is 18.3 Å². The van der Waals surface area contributed by atoms with E-state index in [1.807, 2.05) is 0 Å². The Bertz CT molecular complexity index is 788. The third kappa shape index (κ3) is 1.84. The molecule has 0 amide bonds. The largest absolute Gasteiger partial charge is 0.507 e. The van der Waals surface area contributed by atoms with Crippen LogP contribution in [0.3, 0.4) is 0 Å². The average molecular weight is 274 g/mol. The molecular weight excluding hydrogens is 269 g/mol. The van der Waals surface area contributed by atoms with Gasteiger partial charge in [-0.15, -0.1) is 0 Å². The molecule has 20 heavy (non-hydrogen) atoms. The van der Waals surface area contributed by atoms with Crippen molar-refractivity contribution in [1.82, 2.24) is 0 Å². The molecule has 0 aliphatic heterocycles. The van der Waals surface area contributed by atoms with Crippen molar-refractivity contribution in [3.05, 3.63) is 52.8 Å². The third-order valence-electron chi connectivity index (χ3n) is 2.72. The van der Waals surface area contributed by atoms with Crippen LogP contribution in [0, 0.1) is 40.1 Å². The fourth-order valence-electron chi connectivity index (χ4n) is 1.80. The van der Waals surface area contributed by atoms with Crippen molar-refractivity contribution in [3.8, 4) is 29.0 Å². The van der Waals surface area contributed by atoms with Gasteiger partial charge in [0.2, 0.25) is 0 Å². The minimum Gasteiger partial charge on any atom is -0.507 e. The minimum atomic E-state index is -1.72. The number of benzene rings is 2. The Morgan fingerprint density at radius 1 is 0.850 bits per heavy atom. The number of para-hydroxylation sites is 1. The monoisotopic (exact) mass is 274 g/mol. The molecule has 0 radical (unpaired) electrons. The van der Waals surface area contributed by atoms with Gasteiger partial charge in [0.1, 0.15) is 29.0 Å². The van der Waals surface area contributed by atoms with Gasteiger partial charge in [0.25, 0.3) is 0 Å². The number of phenols is 1. The highest BCUT2D eigenvalue weighted by Crippen LogP contribution is 2.36. The van der Waals surface area contributed by atoms with E-state index in [0.717, 1.165) is 0 Å². The maximum Gasteiger partial charge on any atom is 0.180 e. The predicted molar refractivity (Wildman–Crippen MR) is 62.8 cm³/mol. The Morgan fingerprint density at radius 3 is 1.95 bits per heavy atom. The highest BCUT2D eigenvalue weighted by atomic mass is 19.2. The lowest BCUT2D eigenvalue weighted by molar-refractivity contribution is 0.474. The van der Waals surface area contributed by atoms with Gasteiger partial charge in [-0.05, 0) is 6.07 Å². The van der Waals surface area contributed by atoms with Gasteiger partial charge in [-0.1, -0.05) is 18.2 Å². The first-order valence-electron chi connectivity index (χ1n) is 5.32. The quantitative estimate of drug-likeness (QED) is 0.812. The number of rotatable bonds is 1. The van der Waals surface area contributed by atoms with Crippen LogP contribution in [0.25, 0.3) is 11.1 Å². The van der Waals surface area contributed by atoms with Crippen LogP contribution in [0.2, 0.25) is 0 Å². The molecule has 0 aromatic heterocycles. The Balaban J connectivity index is 2.98. The molecule has 3 nitrogen and oxygen atoms in total. The summed E-state index contributed by atoms with van der Waals surface area (Å²) < 4.78 is 41.3. The molecule has 2 aromatic carbocycles. The summed E-state index contributed by atoms with van der Waals surface area (Å²) in [4.78, 5) is 0. The second kappa shape index (κ2) is 4.94. The van der Waals surface area contributed by atoms with E-state index in [9.17, 15) is 18.3 Å². The Morgan fingerprint density at radius 2 is 1.40 bits per heavy atom. The van der Waals surface area contributed by atoms with E-state index in [1.165, 1.54) is 36.4 Å². The number of aromatic hydroxyl groups is 1. The highest BCUT2D eigenvalue weighted by molar-refractivity contribution is 5.77. The molecule has 0 atom stereocenters. The molecule has 0 heterocycles. The molecule has 0 unspecified atom stereocenters. The van der Waals surface area contributed by atoms with Crippen molar-refractivity contribution in [1.29, 1.82) is 10.5 Å². The van der Waals surface area contributed by atoms with Crippen LogP contribution in [0.4, 0.5) is 13.2 Å². The number of hydrogen-bond donors (Lipinski definition) is 1. The fourth-order valence-corrected chi connectivity index (χ4v) is 1.80. The van der Waals surface area contributed by atoms with Crippen LogP contribution in [-0.4, -0.2) is 5.11 Å². The highest BCUT2D eigenvalue weighted by Gasteiger charge is 2.27. The number of nitrogens with zero attached hydrogens (tertiary/aromatic N) is 2. The van der Waals surface area contributed by atoms with Gasteiger partial charge in [-0.3, -0.25) is 0 Å². The third-order valence-corrected chi connectivity index (χ3v) is 2.72. The second-order valence-corrected chi connectivity index (χ2v) is 3.81. The van der Waals surface area contributed by atoms with Gasteiger partial charge in [0.15, 0.2) is 17.5 Å². The maximum atomic E-state index is 14.1. The van der Waals surface area contributed by atoms with Crippen LogP contribution in [0.15, 0.2) is 24.3 Å². The molecule has 0 aliphatic rings. The normalized spacial score (nSPS) is 9.85. The van der Waals surface area contributed by atoms with Crippen molar-refractivity contribution in [2.45, 2.75) is 0 Å². The van der Waals surface area contributed by atoms with Crippen LogP contribution >= 0.6 is 0 Å². The standard InChI is InChI=1S/C14H5F3N2O/c15-12-9(6-19)14(17)13(16)8(5-18)11(12)7-3-1-2-4-10(7)20/h1-4,20H. The van der Waals surface area contributed by atoms with E-state index in [4.69, 9.17) is 10.5 Å². The summed E-state index contributed by atoms with van der Waals surface area (Å²) >= 11 is 0. The number of nitriles is 2. The zero-order valence-corrected chi connectivity index (χ0v) is 9.78. The summed E-state index contributed by atoms with van der Waals surface area (Å²) in [5.74, 6) is -5.15. The molecule has 0 saturated heterocycles. The first kappa shape index (κ1) is 13.4. The summed E-state index contributed by atoms with van der Waals surface area (Å²) in [7, 11) is 0. The Hall–Kier alpha value is -2.99. The second-order valence-electron chi connectivity index (χ2n) is 3.81. The van der Waals surface area contributed by atoms with Crippen LogP contribution in [-0.2, 0) is 0 Å². The van der Waals surface area contributed by atoms with Crippen molar-refractivity contribution in [2.75, 3.05) is 0 Å².